The fourth-order valence-corrected chi connectivity index (χ4v) is 2.91. The summed E-state index contributed by atoms with van der Waals surface area (Å²) >= 11 is 0. The first-order chi connectivity index (χ1) is 10.5. The van der Waals surface area contributed by atoms with Crippen LogP contribution < -0.4 is 4.90 Å². The predicted molar refractivity (Wildman–Crippen MR) is 88.7 cm³/mol. The number of amides is 2. The highest BCUT2D eigenvalue weighted by Crippen LogP contribution is 2.25. The van der Waals surface area contributed by atoms with Crippen molar-refractivity contribution in [1.29, 1.82) is 0 Å². The second kappa shape index (κ2) is 7.43. The number of para-hydroxylation sites is 1. The largest absolute Gasteiger partial charge is 0.339 e. The highest BCUT2D eigenvalue weighted by atomic mass is 16.2. The summed E-state index contributed by atoms with van der Waals surface area (Å²) in [7, 11) is 0. The second-order valence-electron chi connectivity index (χ2n) is 6.22. The molecule has 22 heavy (non-hydrogen) atoms. The Balaban J connectivity index is 2.14. The summed E-state index contributed by atoms with van der Waals surface area (Å²) in [4.78, 5) is 28.6. The molecule has 1 aliphatic heterocycles. The first kappa shape index (κ1) is 16.5. The van der Waals surface area contributed by atoms with E-state index in [4.69, 9.17) is 0 Å². The minimum atomic E-state index is -0.216. The highest BCUT2D eigenvalue weighted by Gasteiger charge is 2.37. The number of unbranched alkanes of at least 4 members (excludes halogenated alkanes) is 1. The molecule has 1 heterocycles. The lowest BCUT2D eigenvalue weighted by Gasteiger charge is -2.26. The lowest BCUT2D eigenvalue weighted by Crippen LogP contribution is -2.39. The van der Waals surface area contributed by atoms with Crippen LogP contribution >= 0.6 is 0 Å². The van der Waals surface area contributed by atoms with Crippen LogP contribution in [0.3, 0.4) is 0 Å². The zero-order valence-electron chi connectivity index (χ0n) is 13.8. The number of carbonyl (C=O) groups excluding carboxylic acids is 2. The van der Waals surface area contributed by atoms with E-state index in [9.17, 15) is 9.59 Å². The van der Waals surface area contributed by atoms with Gasteiger partial charge in [0.25, 0.3) is 0 Å². The normalized spacial score (nSPS) is 18.1. The first-order valence-corrected chi connectivity index (χ1v) is 8.20. The molecular weight excluding hydrogens is 276 g/mol. The van der Waals surface area contributed by atoms with Gasteiger partial charge >= 0.3 is 0 Å². The number of anilines is 1. The number of benzene rings is 1. The first-order valence-electron chi connectivity index (χ1n) is 8.20. The Morgan fingerprint density at radius 3 is 2.55 bits per heavy atom. The minimum absolute atomic E-state index is 0.0798. The fourth-order valence-electron chi connectivity index (χ4n) is 2.91. The van der Waals surface area contributed by atoms with Crippen LogP contribution in [-0.4, -0.2) is 35.8 Å². The van der Waals surface area contributed by atoms with Crippen molar-refractivity contribution in [1.82, 2.24) is 4.90 Å². The Morgan fingerprint density at radius 2 is 2.00 bits per heavy atom. The van der Waals surface area contributed by atoms with Crippen molar-refractivity contribution in [3.63, 3.8) is 0 Å². The van der Waals surface area contributed by atoms with Gasteiger partial charge in [-0.15, -0.1) is 0 Å². The molecule has 0 aromatic heterocycles. The molecule has 0 N–H and O–H groups in total. The van der Waals surface area contributed by atoms with Crippen LogP contribution in [0.5, 0.6) is 0 Å². The maximum absolute atomic E-state index is 12.9. The SMILES string of the molecule is CCCCN(C(=O)[C@@H]1CC(=O)N(C(C)C)C1)c1ccccc1. The lowest BCUT2D eigenvalue weighted by molar-refractivity contribution is -0.129. The summed E-state index contributed by atoms with van der Waals surface area (Å²) in [5.74, 6) is -0.0417. The van der Waals surface area contributed by atoms with Gasteiger partial charge in [0.1, 0.15) is 0 Å². The van der Waals surface area contributed by atoms with Crippen molar-refractivity contribution in [3.05, 3.63) is 30.3 Å². The Labute approximate surface area is 133 Å². The zero-order valence-corrected chi connectivity index (χ0v) is 13.8. The van der Waals surface area contributed by atoms with E-state index in [1.165, 1.54) is 0 Å². The van der Waals surface area contributed by atoms with E-state index < -0.39 is 0 Å². The van der Waals surface area contributed by atoms with E-state index in [2.05, 4.69) is 6.92 Å². The molecule has 1 atom stereocenters. The Kier molecular flexibility index (Phi) is 5.58. The molecule has 120 valence electrons. The number of hydrogen-bond acceptors (Lipinski definition) is 2. The van der Waals surface area contributed by atoms with Gasteiger partial charge in [0.2, 0.25) is 11.8 Å². The summed E-state index contributed by atoms with van der Waals surface area (Å²) in [6.07, 6.45) is 2.35. The molecule has 0 saturated carbocycles. The van der Waals surface area contributed by atoms with Gasteiger partial charge < -0.3 is 9.80 Å². The second-order valence-corrected chi connectivity index (χ2v) is 6.22. The van der Waals surface area contributed by atoms with E-state index >= 15 is 0 Å². The summed E-state index contributed by atoms with van der Waals surface area (Å²) in [6.45, 7) is 7.37. The Morgan fingerprint density at radius 1 is 1.32 bits per heavy atom. The average molecular weight is 302 g/mol. The molecular formula is C18H26N2O2. The summed E-state index contributed by atoms with van der Waals surface area (Å²) in [5, 5.41) is 0. The third-order valence-electron chi connectivity index (χ3n) is 4.20. The van der Waals surface area contributed by atoms with E-state index in [0.29, 0.717) is 19.5 Å². The van der Waals surface area contributed by atoms with Gasteiger partial charge in [-0.2, -0.15) is 0 Å². The third kappa shape index (κ3) is 3.67. The quantitative estimate of drug-likeness (QED) is 0.810. The van der Waals surface area contributed by atoms with Crippen LogP contribution in [0, 0.1) is 5.92 Å². The monoisotopic (exact) mass is 302 g/mol. The molecule has 4 heteroatoms. The van der Waals surface area contributed by atoms with Crippen LogP contribution in [0.1, 0.15) is 40.0 Å². The van der Waals surface area contributed by atoms with Crippen molar-refractivity contribution in [3.8, 4) is 0 Å². The van der Waals surface area contributed by atoms with Crippen LogP contribution in [0.25, 0.3) is 0 Å². The van der Waals surface area contributed by atoms with Gasteiger partial charge in [-0.3, -0.25) is 9.59 Å². The molecule has 2 rings (SSSR count). The number of rotatable bonds is 6. The molecule has 0 unspecified atom stereocenters. The van der Waals surface area contributed by atoms with Crippen molar-refractivity contribution in [2.24, 2.45) is 5.92 Å². The number of hydrogen-bond donors (Lipinski definition) is 0. The third-order valence-corrected chi connectivity index (χ3v) is 4.20. The van der Waals surface area contributed by atoms with Gasteiger partial charge in [0.05, 0.1) is 5.92 Å². The van der Waals surface area contributed by atoms with Gasteiger partial charge in [-0.05, 0) is 32.4 Å². The van der Waals surface area contributed by atoms with E-state index in [1.807, 2.05) is 54.0 Å². The average Bonchev–Trinajstić information content (AvgIpc) is 2.91. The van der Waals surface area contributed by atoms with Crippen molar-refractivity contribution >= 4 is 17.5 Å². The van der Waals surface area contributed by atoms with E-state index in [-0.39, 0.29) is 23.8 Å². The van der Waals surface area contributed by atoms with Gasteiger partial charge in [0.15, 0.2) is 0 Å². The Bertz CT molecular complexity index is 513. The molecule has 0 spiro atoms. The molecule has 0 radical (unpaired) electrons. The summed E-state index contributed by atoms with van der Waals surface area (Å²) < 4.78 is 0. The standard InChI is InChI=1S/C18H26N2O2/c1-4-5-11-19(16-9-7-6-8-10-16)18(22)15-12-17(21)20(13-15)14(2)3/h6-10,14-15H,4-5,11-13H2,1-3H3/t15-/m1/s1. The minimum Gasteiger partial charge on any atom is -0.339 e. The molecule has 1 fully saturated rings. The van der Waals surface area contributed by atoms with Crippen molar-refractivity contribution in [2.75, 3.05) is 18.0 Å². The van der Waals surface area contributed by atoms with E-state index in [0.717, 1.165) is 18.5 Å². The van der Waals surface area contributed by atoms with Gasteiger partial charge in [0, 0.05) is 31.2 Å². The molecule has 1 saturated heterocycles. The van der Waals surface area contributed by atoms with Gasteiger partial charge in [-0.25, -0.2) is 0 Å². The van der Waals surface area contributed by atoms with E-state index in [1.54, 1.807) is 0 Å². The van der Waals surface area contributed by atoms with Crippen LogP contribution in [-0.2, 0) is 9.59 Å². The zero-order chi connectivity index (χ0) is 16.1. The molecule has 1 aromatic carbocycles. The predicted octanol–water partition coefficient (Wildman–Crippen LogP) is 3.08. The molecule has 2 amide bonds. The van der Waals surface area contributed by atoms with Crippen LogP contribution in [0.4, 0.5) is 5.69 Å². The Hall–Kier alpha value is -1.84. The topological polar surface area (TPSA) is 40.6 Å². The van der Waals surface area contributed by atoms with Crippen LogP contribution in [0.2, 0.25) is 0 Å². The van der Waals surface area contributed by atoms with Crippen molar-refractivity contribution < 1.29 is 9.59 Å². The van der Waals surface area contributed by atoms with Crippen molar-refractivity contribution in [2.45, 2.75) is 46.1 Å². The lowest BCUT2D eigenvalue weighted by atomic mass is 10.1. The highest BCUT2D eigenvalue weighted by molar-refractivity contribution is 5.99. The number of nitrogens with zero attached hydrogens (tertiary/aromatic N) is 2. The smallest absolute Gasteiger partial charge is 0.232 e. The maximum Gasteiger partial charge on any atom is 0.232 e. The van der Waals surface area contributed by atoms with Crippen LogP contribution in [0.15, 0.2) is 30.3 Å². The molecule has 1 aromatic rings. The summed E-state index contributed by atoms with van der Waals surface area (Å²) in [5.41, 5.74) is 0.927. The molecule has 1 aliphatic rings. The fraction of sp³-hybridized carbons (Fsp3) is 0.556. The number of carbonyl (C=O) groups is 2. The maximum atomic E-state index is 12.9. The molecule has 0 aliphatic carbocycles. The van der Waals surface area contributed by atoms with Gasteiger partial charge in [-0.1, -0.05) is 31.5 Å². The number of likely N-dealkylation sites (tertiary alicyclic amines) is 1. The molecule has 0 bridgehead atoms. The summed E-state index contributed by atoms with van der Waals surface area (Å²) in [6, 6.07) is 9.93. The molecule has 4 nitrogen and oxygen atoms in total.